The Balaban J connectivity index is 1.75. The lowest BCUT2D eigenvalue weighted by molar-refractivity contribution is -0.105. The van der Waals surface area contributed by atoms with Crippen LogP contribution in [0.4, 0.5) is 18.9 Å². The SMILES string of the molecule is CS(=O)(=O)c1ccc(-n2nnnc2CNc2ccccc2SCC(F)(F)F)cc1. The van der Waals surface area contributed by atoms with E-state index in [-0.39, 0.29) is 11.4 Å². The summed E-state index contributed by atoms with van der Waals surface area (Å²) in [6, 6.07) is 12.7. The zero-order chi connectivity index (χ0) is 21.1. The average molecular weight is 443 g/mol. The Morgan fingerprint density at radius 1 is 1.10 bits per heavy atom. The van der Waals surface area contributed by atoms with Gasteiger partial charge < -0.3 is 5.32 Å². The van der Waals surface area contributed by atoms with E-state index >= 15 is 0 Å². The molecule has 0 fully saturated rings. The fraction of sp³-hybridized carbons (Fsp3) is 0.235. The van der Waals surface area contributed by atoms with E-state index in [0.717, 1.165) is 6.26 Å². The molecule has 3 rings (SSSR count). The summed E-state index contributed by atoms with van der Waals surface area (Å²) in [6.07, 6.45) is -3.15. The number of nitrogens with one attached hydrogen (secondary N) is 1. The Kier molecular flexibility index (Phi) is 6.13. The maximum Gasteiger partial charge on any atom is 0.398 e. The smallest absolute Gasteiger partial charge is 0.377 e. The van der Waals surface area contributed by atoms with Crippen LogP contribution in [0.25, 0.3) is 5.69 Å². The molecule has 12 heteroatoms. The molecule has 0 aliphatic rings. The van der Waals surface area contributed by atoms with E-state index in [0.29, 0.717) is 33.9 Å². The second kappa shape index (κ2) is 8.41. The zero-order valence-corrected chi connectivity index (χ0v) is 16.7. The van der Waals surface area contributed by atoms with Gasteiger partial charge in [-0.3, -0.25) is 0 Å². The highest BCUT2D eigenvalue weighted by atomic mass is 32.2. The number of alkyl halides is 3. The molecule has 0 unspecified atom stereocenters. The van der Waals surface area contributed by atoms with E-state index in [9.17, 15) is 21.6 Å². The number of hydrogen-bond acceptors (Lipinski definition) is 7. The number of anilines is 1. The van der Waals surface area contributed by atoms with E-state index in [2.05, 4.69) is 20.8 Å². The van der Waals surface area contributed by atoms with Crippen LogP contribution in [0.1, 0.15) is 5.82 Å². The average Bonchev–Trinajstić information content (AvgIpc) is 3.13. The molecule has 0 atom stereocenters. The molecule has 1 N–H and O–H groups in total. The molecule has 154 valence electrons. The number of benzene rings is 2. The van der Waals surface area contributed by atoms with E-state index in [4.69, 9.17) is 0 Å². The highest BCUT2D eigenvalue weighted by Gasteiger charge is 2.27. The van der Waals surface area contributed by atoms with Crippen LogP contribution in [0.5, 0.6) is 0 Å². The molecule has 0 bridgehead atoms. The highest BCUT2D eigenvalue weighted by Crippen LogP contribution is 2.32. The van der Waals surface area contributed by atoms with Crippen molar-refractivity contribution in [2.75, 3.05) is 17.3 Å². The van der Waals surface area contributed by atoms with Crippen LogP contribution in [-0.4, -0.2) is 46.8 Å². The molecule has 1 aromatic heterocycles. The molecule has 0 aliphatic carbocycles. The number of rotatable bonds is 7. The van der Waals surface area contributed by atoms with Gasteiger partial charge in [-0.05, 0) is 46.8 Å². The third kappa shape index (κ3) is 5.70. The maximum atomic E-state index is 12.5. The second-order valence-corrected chi connectivity index (χ2v) is 9.06. The molecular weight excluding hydrogens is 427 g/mol. The molecule has 0 radical (unpaired) electrons. The van der Waals surface area contributed by atoms with Gasteiger partial charge >= 0.3 is 6.18 Å². The first kappa shape index (κ1) is 21.1. The molecular formula is C17H16F3N5O2S2. The van der Waals surface area contributed by atoms with Crippen molar-refractivity contribution in [1.82, 2.24) is 20.2 Å². The summed E-state index contributed by atoms with van der Waals surface area (Å²) >= 11 is 0.693. The largest absolute Gasteiger partial charge is 0.398 e. The van der Waals surface area contributed by atoms with Gasteiger partial charge in [0.2, 0.25) is 0 Å². The summed E-state index contributed by atoms with van der Waals surface area (Å²) in [4.78, 5) is 0.631. The van der Waals surface area contributed by atoms with Crippen molar-refractivity contribution in [3.05, 3.63) is 54.4 Å². The molecule has 2 aromatic carbocycles. The zero-order valence-electron chi connectivity index (χ0n) is 15.1. The number of tetrazole rings is 1. The van der Waals surface area contributed by atoms with Gasteiger partial charge in [0.1, 0.15) is 0 Å². The van der Waals surface area contributed by atoms with E-state index in [1.807, 2.05) is 0 Å². The number of thioether (sulfide) groups is 1. The van der Waals surface area contributed by atoms with Gasteiger partial charge in [-0.2, -0.15) is 17.9 Å². The summed E-state index contributed by atoms with van der Waals surface area (Å²) in [5.74, 6) is -0.580. The highest BCUT2D eigenvalue weighted by molar-refractivity contribution is 7.99. The van der Waals surface area contributed by atoms with E-state index < -0.39 is 21.8 Å². The van der Waals surface area contributed by atoms with Gasteiger partial charge in [0.05, 0.1) is 22.9 Å². The minimum Gasteiger partial charge on any atom is -0.377 e. The predicted molar refractivity (Wildman–Crippen MR) is 103 cm³/mol. The van der Waals surface area contributed by atoms with Crippen molar-refractivity contribution in [1.29, 1.82) is 0 Å². The molecule has 0 saturated carbocycles. The number of halogens is 3. The normalized spacial score (nSPS) is 12.1. The standard InChI is InChI=1S/C17H16F3N5O2S2/c1-29(26,27)13-8-6-12(7-9-13)25-16(22-23-24-25)10-21-14-4-2-3-5-15(14)28-11-17(18,19)20/h2-9,21H,10-11H2,1H3. The topological polar surface area (TPSA) is 89.8 Å². The maximum absolute atomic E-state index is 12.5. The Bertz CT molecular complexity index is 1080. The Morgan fingerprint density at radius 2 is 1.79 bits per heavy atom. The first-order chi connectivity index (χ1) is 13.6. The number of nitrogens with zero attached hydrogens (tertiary/aromatic N) is 4. The van der Waals surface area contributed by atoms with Crippen LogP contribution in [0, 0.1) is 0 Å². The summed E-state index contributed by atoms with van der Waals surface area (Å²) in [6.45, 7) is 0.157. The molecule has 0 spiro atoms. The Hall–Kier alpha value is -2.60. The quantitative estimate of drug-likeness (QED) is 0.560. The van der Waals surface area contributed by atoms with Crippen molar-refractivity contribution in [3.8, 4) is 5.69 Å². The van der Waals surface area contributed by atoms with E-state index in [1.54, 1.807) is 36.4 Å². The molecule has 0 saturated heterocycles. The van der Waals surface area contributed by atoms with Gasteiger partial charge in [-0.1, -0.05) is 12.1 Å². The van der Waals surface area contributed by atoms with Crippen LogP contribution in [-0.2, 0) is 16.4 Å². The fourth-order valence-electron chi connectivity index (χ4n) is 2.42. The molecule has 7 nitrogen and oxygen atoms in total. The number of aromatic nitrogens is 4. The van der Waals surface area contributed by atoms with E-state index in [1.165, 1.54) is 16.8 Å². The molecule has 0 aliphatic heterocycles. The first-order valence-corrected chi connectivity index (χ1v) is 11.1. The number of hydrogen-bond donors (Lipinski definition) is 1. The van der Waals surface area contributed by atoms with Gasteiger partial charge in [0.15, 0.2) is 15.7 Å². The lowest BCUT2D eigenvalue weighted by Gasteiger charge is -2.12. The van der Waals surface area contributed by atoms with Gasteiger partial charge in [-0.25, -0.2) is 8.42 Å². The summed E-state index contributed by atoms with van der Waals surface area (Å²) in [5.41, 5.74) is 1.09. The molecule has 3 aromatic rings. The van der Waals surface area contributed by atoms with Crippen LogP contribution in [0.2, 0.25) is 0 Å². The minimum absolute atomic E-state index is 0.157. The Labute approximate surface area is 169 Å². The van der Waals surface area contributed by atoms with Crippen LogP contribution in [0.3, 0.4) is 0 Å². The lowest BCUT2D eigenvalue weighted by Crippen LogP contribution is -2.12. The van der Waals surface area contributed by atoms with Crippen molar-refractivity contribution in [2.45, 2.75) is 22.5 Å². The molecule has 29 heavy (non-hydrogen) atoms. The minimum atomic E-state index is -4.26. The van der Waals surface area contributed by atoms with Gasteiger partial charge in [0, 0.05) is 16.8 Å². The fourth-order valence-corrected chi connectivity index (χ4v) is 3.84. The third-order valence-corrected chi connectivity index (χ3v) is 6.03. The van der Waals surface area contributed by atoms with Gasteiger partial charge in [0.25, 0.3) is 0 Å². The second-order valence-electron chi connectivity index (χ2n) is 6.03. The lowest BCUT2D eigenvalue weighted by atomic mass is 10.3. The first-order valence-electron chi connectivity index (χ1n) is 8.24. The van der Waals surface area contributed by atoms with Crippen molar-refractivity contribution < 1.29 is 21.6 Å². The molecule has 0 amide bonds. The Morgan fingerprint density at radius 3 is 2.45 bits per heavy atom. The number of sulfone groups is 1. The van der Waals surface area contributed by atoms with Crippen LogP contribution < -0.4 is 5.32 Å². The monoisotopic (exact) mass is 443 g/mol. The summed E-state index contributed by atoms with van der Waals surface area (Å²) in [7, 11) is -3.32. The third-order valence-electron chi connectivity index (χ3n) is 3.76. The molecule has 1 heterocycles. The predicted octanol–water partition coefficient (Wildman–Crippen LogP) is 3.33. The number of para-hydroxylation sites is 1. The van der Waals surface area contributed by atoms with Crippen molar-refractivity contribution in [2.24, 2.45) is 0 Å². The summed E-state index contributed by atoms with van der Waals surface area (Å²) in [5, 5.41) is 14.5. The van der Waals surface area contributed by atoms with Crippen LogP contribution in [0.15, 0.2) is 58.3 Å². The van der Waals surface area contributed by atoms with Crippen molar-refractivity contribution >= 4 is 27.3 Å². The van der Waals surface area contributed by atoms with Crippen LogP contribution >= 0.6 is 11.8 Å². The summed E-state index contributed by atoms with van der Waals surface area (Å²) < 4.78 is 62.1. The van der Waals surface area contributed by atoms with Gasteiger partial charge in [-0.15, -0.1) is 16.9 Å². The van der Waals surface area contributed by atoms with Crippen molar-refractivity contribution in [3.63, 3.8) is 0 Å².